The summed E-state index contributed by atoms with van der Waals surface area (Å²) in [6.07, 6.45) is 7.45. The predicted molar refractivity (Wildman–Crippen MR) is 116 cm³/mol. The Balaban J connectivity index is 1.53. The monoisotopic (exact) mass is 431 g/mol. The van der Waals surface area contributed by atoms with E-state index in [0.29, 0.717) is 13.0 Å². The summed E-state index contributed by atoms with van der Waals surface area (Å²) in [5.74, 6) is 2.00. The number of hydrogen-bond acceptors (Lipinski definition) is 5. The maximum absolute atomic E-state index is 13.8. The Labute approximate surface area is 185 Å². The third-order valence-corrected chi connectivity index (χ3v) is 6.88. The van der Waals surface area contributed by atoms with Crippen LogP contribution >= 0.6 is 0 Å². The van der Waals surface area contributed by atoms with Gasteiger partial charge in [-0.15, -0.1) is 10.2 Å². The Morgan fingerprint density at radius 3 is 2.52 bits per heavy atom. The lowest BCUT2D eigenvalue weighted by Crippen LogP contribution is -2.47. The average molecular weight is 432 g/mol. The lowest BCUT2D eigenvalue weighted by Gasteiger charge is -2.38. The summed E-state index contributed by atoms with van der Waals surface area (Å²) in [4.78, 5) is 30.3. The first-order valence-corrected chi connectivity index (χ1v) is 12.0. The van der Waals surface area contributed by atoms with Crippen LogP contribution in [0, 0.1) is 5.92 Å². The number of fused-ring (bicyclic) bond motifs is 1. The van der Waals surface area contributed by atoms with Crippen LogP contribution in [0.4, 0.5) is 4.79 Å². The number of rotatable bonds is 3. The van der Waals surface area contributed by atoms with Gasteiger partial charge in [-0.1, -0.05) is 6.92 Å². The molecule has 4 heterocycles. The van der Waals surface area contributed by atoms with Crippen molar-refractivity contribution in [2.45, 2.75) is 103 Å². The molecule has 172 valence electrons. The van der Waals surface area contributed by atoms with Gasteiger partial charge in [0.15, 0.2) is 5.82 Å². The lowest BCUT2D eigenvalue weighted by molar-refractivity contribution is -0.140. The van der Waals surface area contributed by atoms with Crippen LogP contribution in [-0.4, -0.2) is 61.3 Å². The second-order valence-corrected chi connectivity index (χ2v) is 10.2. The van der Waals surface area contributed by atoms with E-state index in [1.54, 1.807) is 4.90 Å². The molecule has 3 atom stereocenters. The molecule has 0 unspecified atom stereocenters. The molecule has 8 heteroatoms. The molecule has 3 aliphatic rings. The van der Waals surface area contributed by atoms with E-state index in [9.17, 15) is 9.59 Å². The van der Waals surface area contributed by atoms with E-state index in [4.69, 9.17) is 4.74 Å². The Bertz CT molecular complexity index is 815. The van der Waals surface area contributed by atoms with Gasteiger partial charge in [0, 0.05) is 32.1 Å². The summed E-state index contributed by atoms with van der Waals surface area (Å²) in [7, 11) is 0. The van der Waals surface area contributed by atoms with Crippen LogP contribution in [0.2, 0.25) is 0 Å². The smallest absolute Gasteiger partial charge is 0.410 e. The Hall–Kier alpha value is -2.12. The zero-order valence-electron chi connectivity index (χ0n) is 19.5. The SMILES string of the molecule is CC[C@@H]1[C@@H](C(=O)N2CCCC[C@H]2c2nnc3n2CCCC3)CCN1C(=O)OC(C)(C)C. The number of aromatic nitrogens is 3. The Kier molecular flexibility index (Phi) is 6.26. The third kappa shape index (κ3) is 4.44. The number of piperidine rings is 1. The minimum absolute atomic E-state index is 0.00585. The van der Waals surface area contributed by atoms with Crippen LogP contribution in [0.5, 0.6) is 0 Å². The molecule has 0 saturated carbocycles. The average Bonchev–Trinajstić information content (AvgIpc) is 3.36. The molecule has 2 fully saturated rings. The van der Waals surface area contributed by atoms with Gasteiger partial charge in [0.05, 0.1) is 12.0 Å². The van der Waals surface area contributed by atoms with E-state index in [1.165, 1.54) is 0 Å². The zero-order valence-corrected chi connectivity index (χ0v) is 19.5. The fourth-order valence-electron chi connectivity index (χ4n) is 5.45. The molecule has 0 N–H and O–H groups in total. The summed E-state index contributed by atoms with van der Waals surface area (Å²) < 4.78 is 7.86. The number of ether oxygens (including phenoxy) is 1. The highest BCUT2D eigenvalue weighted by atomic mass is 16.6. The van der Waals surface area contributed by atoms with Crippen molar-refractivity contribution in [3.05, 3.63) is 11.6 Å². The molecule has 1 aromatic rings. The van der Waals surface area contributed by atoms with Crippen LogP contribution in [0.1, 0.15) is 90.3 Å². The molecule has 0 spiro atoms. The normalized spacial score (nSPS) is 26.6. The first kappa shape index (κ1) is 22.1. The maximum Gasteiger partial charge on any atom is 0.410 e. The van der Waals surface area contributed by atoms with E-state index in [0.717, 1.165) is 69.7 Å². The molecule has 2 saturated heterocycles. The van der Waals surface area contributed by atoms with Crippen molar-refractivity contribution in [1.29, 1.82) is 0 Å². The second kappa shape index (κ2) is 8.79. The van der Waals surface area contributed by atoms with Crippen molar-refractivity contribution in [3.63, 3.8) is 0 Å². The standard InChI is InChI=1S/C23H37N5O3/c1-5-17-16(12-15-27(17)22(30)31-23(2,3)4)21(29)26-13-8-6-10-18(26)20-25-24-19-11-7-9-14-28(19)20/h16-18H,5-15H2,1-4H3/t16-,17+,18-/m0/s1. The second-order valence-electron chi connectivity index (χ2n) is 10.2. The third-order valence-electron chi connectivity index (χ3n) is 6.88. The van der Waals surface area contributed by atoms with Crippen LogP contribution in [0.3, 0.4) is 0 Å². The molecule has 0 bridgehead atoms. The quantitative estimate of drug-likeness (QED) is 0.729. The van der Waals surface area contributed by atoms with Crippen LogP contribution < -0.4 is 0 Å². The molecule has 0 radical (unpaired) electrons. The summed E-state index contributed by atoms with van der Waals surface area (Å²) in [6, 6.07) is -0.120. The number of nitrogens with zero attached hydrogens (tertiary/aromatic N) is 5. The molecule has 31 heavy (non-hydrogen) atoms. The van der Waals surface area contributed by atoms with Crippen molar-refractivity contribution < 1.29 is 14.3 Å². The first-order valence-electron chi connectivity index (χ1n) is 12.0. The van der Waals surface area contributed by atoms with Gasteiger partial charge in [-0.3, -0.25) is 4.79 Å². The van der Waals surface area contributed by atoms with Crippen molar-refractivity contribution in [3.8, 4) is 0 Å². The Morgan fingerprint density at radius 2 is 1.77 bits per heavy atom. The molecule has 0 aromatic carbocycles. The molecule has 3 aliphatic heterocycles. The highest BCUT2D eigenvalue weighted by Gasteiger charge is 2.45. The number of likely N-dealkylation sites (tertiary alicyclic amines) is 2. The molecule has 2 amide bonds. The molecule has 8 nitrogen and oxygen atoms in total. The molecule has 0 aliphatic carbocycles. The highest BCUT2D eigenvalue weighted by molar-refractivity contribution is 5.82. The van der Waals surface area contributed by atoms with Crippen LogP contribution in [0.15, 0.2) is 0 Å². The number of carbonyl (C=O) groups is 2. The summed E-state index contributed by atoms with van der Waals surface area (Å²) in [6.45, 7) is 9.96. The van der Waals surface area contributed by atoms with Crippen molar-refractivity contribution in [2.24, 2.45) is 5.92 Å². The summed E-state index contributed by atoms with van der Waals surface area (Å²) in [5, 5.41) is 8.97. The number of amides is 2. The van der Waals surface area contributed by atoms with E-state index in [1.807, 2.05) is 25.7 Å². The van der Waals surface area contributed by atoms with Crippen molar-refractivity contribution in [2.75, 3.05) is 13.1 Å². The number of hydrogen-bond donors (Lipinski definition) is 0. The minimum Gasteiger partial charge on any atom is -0.444 e. The van der Waals surface area contributed by atoms with Gasteiger partial charge in [-0.2, -0.15) is 0 Å². The van der Waals surface area contributed by atoms with Crippen LogP contribution in [0.25, 0.3) is 0 Å². The fourth-order valence-corrected chi connectivity index (χ4v) is 5.45. The number of carbonyl (C=O) groups excluding carboxylic acids is 2. The fraction of sp³-hybridized carbons (Fsp3) is 0.826. The maximum atomic E-state index is 13.8. The van der Waals surface area contributed by atoms with Gasteiger partial charge >= 0.3 is 6.09 Å². The van der Waals surface area contributed by atoms with E-state index in [2.05, 4.69) is 21.7 Å². The molecular formula is C23H37N5O3. The highest BCUT2D eigenvalue weighted by Crippen LogP contribution is 2.36. The molecule has 1 aromatic heterocycles. The van der Waals surface area contributed by atoms with Crippen LogP contribution in [-0.2, 0) is 22.5 Å². The van der Waals surface area contributed by atoms with E-state index in [-0.39, 0.29) is 30.0 Å². The first-order chi connectivity index (χ1) is 14.8. The number of aryl methyl sites for hydroxylation is 1. The van der Waals surface area contributed by atoms with E-state index >= 15 is 0 Å². The molecular weight excluding hydrogens is 394 g/mol. The van der Waals surface area contributed by atoms with Gasteiger partial charge in [-0.05, 0) is 65.7 Å². The van der Waals surface area contributed by atoms with Gasteiger partial charge < -0.3 is 19.1 Å². The topological polar surface area (TPSA) is 80.6 Å². The summed E-state index contributed by atoms with van der Waals surface area (Å²) >= 11 is 0. The van der Waals surface area contributed by atoms with Crippen molar-refractivity contribution >= 4 is 12.0 Å². The van der Waals surface area contributed by atoms with Gasteiger partial charge in [0.25, 0.3) is 0 Å². The Morgan fingerprint density at radius 1 is 1.00 bits per heavy atom. The van der Waals surface area contributed by atoms with Gasteiger partial charge in [0.1, 0.15) is 11.4 Å². The largest absolute Gasteiger partial charge is 0.444 e. The van der Waals surface area contributed by atoms with Crippen molar-refractivity contribution in [1.82, 2.24) is 24.6 Å². The minimum atomic E-state index is -0.539. The van der Waals surface area contributed by atoms with Gasteiger partial charge in [0.2, 0.25) is 5.91 Å². The van der Waals surface area contributed by atoms with Gasteiger partial charge in [-0.25, -0.2) is 4.79 Å². The summed E-state index contributed by atoms with van der Waals surface area (Å²) in [5.41, 5.74) is -0.539. The lowest BCUT2D eigenvalue weighted by atomic mass is 9.93. The van der Waals surface area contributed by atoms with E-state index < -0.39 is 5.60 Å². The zero-order chi connectivity index (χ0) is 22.2. The molecule has 4 rings (SSSR count). The predicted octanol–water partition coefficient (Wildman–Crippen LogP) is 3.70.